The molecule has 0 aliphatic carbocycles. The normalized spacial score (nSPS) is 30.0. The van der Waals surface area contributed by atoms with Crippen LogP contribution in [0.2, 0.25) is 0 Å². The first kappa shape index (κ1) is 21.0. The number of aliphatic carboxylic acids is 1. The molecule has 0 amide bonds. The minimum absolute atomic E-state index is 0.00567. The monoisotopic (exact) mass is 429 g/mol. The van der Waals surface area contributed by atoms with E-state index in [0.717, 1.165) is 32.4 Å². The van der Waals surface area contributed by atoms with Crippen molar-refractivity contribution >= 4 is 16.0 Å². The van der Waals surface area contributed by atoms with E-state index >= 15 is 0 Å². The van der Waals surface area contributed by atoms with Gasteiger partial charge >= 0.3 is 5.97 Å². The first-order chi connectivity index (χ1) is 14.4. The topological polar surface area (TPSA) is 102 Å². The summed E-state index contributed by atoms with van der Waals surface area (Å²) >= 11 is 0. The summed E-state index contributed by atoms with van der Waals surface area (Å²) in [5.41, 5.74) is 0.437. The number of nitrogens with zero attached hydrogens (tertiary/aromatic N) is 3. The Hall–Kier alpha value is -2.21. The van der Waals surface area contributed by atoms with Crippen LogP contribution in [0.15, 0.2) is 41.3 Å². The van der Waals surface area contributed by atoms with Gasteiger partial charge in [-0.1, -0.05) is 12.2 Å². The van der Waals surface area contributed by atoms with Crippen molar-refractivity contribution in [2.24, 2.45) is 17.8 Å². The number of carboxylic acid groups (broad SMARTS) is 1. The predicted octanol–water partition coefficient (Wildman–Crippen LogP) is 2.31. The quantitative estimate of drug-likeness (QED) is 0.721. The molecule has 3 aliphatic rings. The van der Waals surface area contributed by atoms with Gasteiger partial charge in [0.1, 0.15) is 0 Å². The smallest absolute Gasteiger partial charge is 0.307 e. The Bertz CT molecular complexity index is 967. The van der Waals surface area contributed by atoms with Crippen molar-refractivity contribution in [2.75, 3.05) is 26.2 Å². The van der Waals surface area contributed by atoms with Crippen molar-refractivity contribution in [3.05, 3.63) is 42.0 Å². The number of allylic oxidation sites excluding steroid dienone is 1. The average Bonchev–Trinajstić information content (AvgIpc) is 2.75. The number of rotatable bonds is 5. The highest BCUT2D eigenvalue weighted by molar-refractivity contribution is 7.89. The lowest BCUT2D eigenvalue weighted by atomic mass is 9.69. The van der Waals surface area contributed by atoms with E-state index in [0.29, 0.717) is 30.6 Å². The molecule has 30 heavy (non-hydrogen) atoms. The predicted molar refractivity (Wildman–Crippen MR) is 111 cm³/mol. The fourth-order valence-electron chi connectivity index (χ4n) is 5.48. The Morgan fingerprint density at radius 2 is 1.97 bits per heavy atom. The molecule has 0 bridgehead atoms. The molecule has 0 saturated carbocycles. The van der Waals surface area contributed by atoms with E-state index in [9.17, 15) is 13.2 Å². The van der Waals surface area contributed by atoms with Crippen LogP contribution >= 0.6 is 0 Å². The summed E-state index contributed by atoms with van der Waals surface area (Å²) in [5.74, 6) is -0.213. The number of carboxylic acids is 1. The number of sulfonamides is 1. The second kappa shape index (κ2) is 8.50. The molecule has 3 fully saturated rings. The number of piperidine rings is 3. The minimum atomic E-state index is -3.64. The van der Waals surface area contributed by atoms with Crippen LogP contribution in [0.4, 0.5) is 0 Å². The largest absolute Gasteiger partial charge is 0.481 e. The SMILES string of the molecule is N#Cc1ccc(S(=O)(=O)N2CC3CCCN4CCC(/C=C/CC(=O)O)C(C2)C34)cc1. The zero-order chi connectivity index (χ0) is 21.3. The zero-order valence-corrected chi connectivity index (χ0v) is 17.7. The van der Waals surface area contributed by atoms with Crippen LogP contribution < -0.4 is 0 Å². The van der Waals surface area contributed by atoms with E-state index in [1.54, 1.807) is 22.5 Å². The molecule has 7 nitrogen and oxygen atoms in total. The number of hydrogen-bond donors (Lipinski definition) is 1. The van der Waals surface area contributed by atoms with E-state index in [-0.39, 0.29) is 23.2 Å². The number of carbonyl (C=O) groups is 1. The third-order valence-corrected chi connectivity index (χ3v) is 8.66. The molecule has 3 saturated heterocycles. The van der Waals surface area contributed by atoms with E-state index in [1.165, 1.54) is 12.1 Å². The van der Waals surface area contributed by atoms with E-state index in [4.69, 9.17) is 10.4 Å². The lowest BCUT2D eigenvalue weighted by Crippen LogP contribution is -2.63. The highest BCUT2D eigenvalue weighted by Crippen LogP contribution is 2.43. The zero-order valence-electron chi connectivity index (χ0n) is 16.9. The maximum absolute atomic E-state index is 13.4. The van der Waals surface area contributed by atoms with Crippen molar-refractivity contribution in [3.8, 4) is 6.07 Å². The molecule has 4 atom stereocenters. The van der Waals surface area contributed by atoms with Gasteiger partial charge in [-0.3, -0.25) is 9.69 Å². The molecule has 3 heterocycles. The summed E-state index contributed by atoms with van der Waals surface area (Å²) < 4.78 is 28.4. The number of hydrogen-bond acceptors (Lipinski definition) is 5. The summed E-state index contributed by atoms with van der Waals surface area (Å²) in [6.45, 7) is 3.02. The Balaban J connectivity index is 1.61. The van der Waals surface area contributed by atoms with E-state index in [1.807, 2.05) is 12.1 Å². The van der Waals surface area contributed by atoms with Gasteiger partial charge in [0, 0.05) is 19.1 Å². The van der Waals surface area contributed by atoms with Crippen molar-refractivity contribution in [1.29, 1.82) is 5.26 Å². The van der Waals surface area contributed by atoms with Gasteiger partial charge in [-0.05, 0) is 74.4 Å². The van der Waals surface area contributed by atoms with E-state index < -0.39 is 16.0 Å². The fourth-order valence-corrected chi connectivity index (χ4v) is 7.02. The molecule has 4 unspecified atom stereocenters. The Labute approximate surface area is 177 Å². The molecular formula is C22H27N3O4S. The molecule has 160 valence electrons. The highest BCUT2D eigenvalue weighted by atomic mass is 32.2. The van der Waals surface area contributed by atoms with Crippen LogP contribution in [0.1, 0.15) is 31.2 Å². The van der Waals surface area contributed by atoms with Crippen molar-refractivity contribution in [3.63, 3.8) is 0 Å². The van der Waals surface area contributed by atoms with Crippen LogP contribution in [0.5, 0.6) is 0 Å². The number of benzene rings is 1. The van der Waals surface area contributed by atoms with Gasteiger partial charge in [0.15, 0.2) is 0 Å². The summed E-state index contributed by atoms with van der Waals surface area (Å²) in [4.78, 5) is 13.6. The summed E-state index contributed by atoms with van der Waals surface area (Å²) in [6.07, 6.45) is 6.73. The van der Waals surface area contributed by atoms with Gasteiger partial charge < -0.3 is 5.11 Å². The van der Waals surface area contributed by atoms with Crippen molar-refractivity contribution in [1.82, 2.24) is 9.21 Å². The Morgan fingerprint density at radius 3 is 2.67 bits per heavy atom. The highest BCUT2D eigenvalue weighted by Gasteiger charge is 2.49. The van der Waals surface area contributed by atoms with Crippen LogP contribution in [0, 0.1) is 29.1 Å². The second-order valence-electron chi connectivity index (χ2n) is 8.53. The first-order valence-electron chi connectivity index (χ1n) is 10.5. The Morgan fingerprint density at radius 1 is 1.20 bits per heavy atom. The third-order valence-electron chi connectivity index (χ3n) is 6.81. The molecule has 0 aromatic heterocycles. The fraction of sp³-hybridized carbons (Fsp3) is 0.545. The van der Waals surface area contributed by atoms with Crippen LogP contribution in [0.25, 0.3) is 0 Å². The lowest BCUT2D eigenvalue weighted by molar-refractivity contribution is -0.136. The molecule has 1 aromatic rings. The molecule has 1 N–H and O–H groups in total. The van der Waals surface area contributed by atoms with Gasteiger partial charge in [0.2, 0.25) is 10.0 Å². The van der Waals surface area contributed by atoms with Gasteiger partial charge in [0.25, 0.3) is 0 Å². The molecule has 0 spiro atoms. The van der Waals surface area contributed by atoms with Gasteiger partial charge in [-0.15, -0.1) is 0 Å². The lowest BCUT2D eigenvalue weighted by Gasteiger charge is -2.55. The van der Waals surface area contributed by atoms with Gasteiger partial charge in [-0.25, -0.2) is 8.42 Å². The molecule has 4 rings (SSSR count). The molecule has 0 radical (unpaired) electrons. The average molecular weight is 430 g/mol. The first-order valence-corrected chi connectivity index (χ1v) is 12.0. The standard InChI is InChI=1S/C22H27N3O4S/c23-13-16-6-8-19(9-7-16)30(28,29)25-14-18-4-2-11-24-12-10-17(3-1-5-21(26)27)20(15-25)22(18)24/h1,3,6-9,17-18,20,22H,2,4-5,10-12,14-15H2,(H,26,27)/b3-1+. The maximum Gasteiger partial charge on any atom is 0.307 e. The molecule has 1 aromatic carbocycles. The second-order valence-corrected chi connectivity index (χ2v) is 10.5. The van der Waals surface area contributed by atoms with Gasteiger partial charge in [0.05, 0.1) is 22.9 Å². The Kier molecular flexibility index (Phi) is 5.96. The van der Waals surface area contributed by atoms with Crippen LogP contribution in [-0.4, -0.2) is 60.9 Å². The summed E-state index contributed by atoms with van der Waals surface area (Å²) in [7, 11) is -3.64. The van der Waals surface area contributed by atoms with Gasteiger partial charge in [-0.2, -0.15) is 9.57 Å². The minimum Gasteiger partial charge on any atom is -0.481 e. The molecule has 8 heteroatoms. The summed E-state index contributed by atoms with van der Waals surface area (Å²) in [6, 6.07) is 8.49. The number of nitriles is 1. The van der Waals surface area contributed by atoms with Crippen LogP contribution in [0.3, 0.4) is 0 Å². The maximum atomic E-state index is 13.4. The molecular weight excluding hydrogens is 402 g/mol. The van der Waals surface area contributed by atoms with Crippen molar-refractivity contribution < 1.29 is 18.3 Å². The van der Waals surface area contributed by atoms with Crippen molar-refractivity contribution in [2.45, 2.75) is 36.6 Å². The van der Waals surface area contributed by atoms with Crippen LogP contribution in [-0.2, 0) is 14.8 Å². The van der Waals surface area contributed by atoms with E-state index in [2.05, 4.69) is 4.90 Å². The third kappa shape index (κ3) is 4.02. The summed E-state index contributed by atoms with van der Waals surface area (Å²) in [5, 5.41) is 17.9. The molecule has 3 aliphatic heterocycles.